The van der Waals surface area contributed by atoms with E-state index >= 15 is 0 Å². The smallest absolute Gasteiger partial charge is 0.354 e. The molecule has 0 radical (unpaired) electrons. The van der Waals surface area contributed by atoms with Crippen molar-refractivity contribution in [1.82, 2.24) is 0 Å². The SMILES string of the molecule is CCCCCCCO[PH](=O)O[Si](OC)(OC)OC. The minimum Gasteiger partial charge on any atom is -0.354 e. The van der Waals surface area contributed by atoms with Gasteiger partial charge in [-0.25, -0.2) is 0 Å². The molecule has 0 aliphatic rings. The first-order valence-corrected chi connectivity index (χ1v) is 9.01. The maximum atomic E-state index is 11.6. The molecule has 0 heterocycles. The van der Waals surface area contributed by atoms with Crippen molar-refractivity contribution in [3.05, 3.63) is 0 Å². The molecule has 0 spiro atoms. The van der Waals surface area contributed by atoms with E-state index in [4.69, 9.17) is 22.0 Å². The molecule has 110 valence electrons. The molecule has 18 heavy (non-hydrogen) atoms. The zero-order valence-electron chi connectivity index (χ0n) is 11.7. The summed E-state index contributed by atoms with van der Waals surface area (Å²) in [5, 5.41) is 0. The Balaban J connectivity index is 3.76. The molecular formula is C10H25O6PSi. The zero-order valence-corrected chi connectivity index (χ0v) is 13.7. The van der Waals surface area contributed by atoms with Gasteiger partial charge < -0.3 is 17.8 Å². The van der Waals surface area contributed by atoms with Gasteiger partial charge in [0.25, 0.3) is 0 Å². The first-order chi connectivity index (χ1) is 8.64. The average molecular weight is 300 g/mol. The molecule has 1 atom stereocenters. The van der Waals surface area contributed by atoms with Gasteiger partial charge in [-0.3, -0.25) is 8.78 Å². The third-order valence-corrected chi connectivity index (χ3v) is 6.03. The monoisotopic (exact) mass is 300 g/mol. The van der Waals surface area contributed by atoms with Gasteiger partial charge in [-0.15, -0.1) is 0 Å². The van der Waals surface area contributed by atoms with Gasteiger partial charge in [-0.2, -0.15) is 0 Å². The maximum absolute atomic E-state index is 11.6. The molecular weight excluding hydrogens is 275 g/mol. The Labute approximate surface area is 111 Å². The Morgan fingerprint density at radius 1 is 0.944 bits per heavy atom. The summed E-state index contributed by atoms with van der Waals surface area (Å²) in [6.45, 7) is 2.58. The van der Waals surface area contributed by atoms with Gasteiger partial charge in [-0.1, -0.05) is 32.6 Å². The third kappa shape index (κ3) is 7.63. The minimum absolute atomic E-state index is 0.420. The highest BCUT2D eigenvalue weighted by Crippen LogP contribution is 2.30. The lowest BCUT2D eigenvalue weighted by molar-refractivity contribution is 0.0472. The molecule has 0 aliphatic carbocycles. The fraction of sp³-hybridized carbons (Fsp3) is 1.00. The lowest BCUT2D eigenvalue weighted by Crippen LogP contribution is -2.44. The van der Waals surface area contributed by atoms with Gasteiger partial charge in [0.2, 0.25) is 0 Å². The Hall–Kier alpha value is 0.247. The predicted molar refractivity (Wildman–Crippen MR) is 71.6 cm³/mol. The Kier molecular flexibility index (Phi) is 11.3. The second kappa shape index (κ2) is 11.1. The van der Waals surface area contributed by atoms with Gasteiger partial charge in [0.05, 0.1) is 6.61 Å². The fourth-order valence-electron chi connectivity index (χ4n) is 1.37. The van der Waals surface area contributed by atoms with Crippen LogP contribution in [0, 0.1) is 0 Å². The van der Waals surface area contributed by atoms with Crippen LogP contribution in [0.1, 0.15) is 39.0 Å². The van der Waals surface area contributed by atoms with Gasteiger partial charge in [0, 0.05) is 21.3 Å². The Bertz CT molecular complexity index is 216. The van der Waals surface area contributed by atoms with Crippen molar-refractivity contribution >= 4 is 17.3 Å². The van der Waals surface area contributed by atoms with Crippen molar-refractivity contribution in [3.63, 3.8) is 0 Å². The highest BCUT2D eigenvalue weighted by molar-refractivity contribution is 7.35. The molecule has 6 nitrogen and oxygen atoms in total. The molecule has 0 bridgehead atoms. The van der Waals surface area contributed by atoms with Gasteiger partial charge >= 0.3 is 17.3 Å². The van der Waals surface area contributed by atoms with Crippen molar-refractivity contribution in [3.8, 4) is 0 Å². The van der Waals surface area contributed by atoms with Crippen LogP contribution in [0.2, 0.25) is 0 Å². The van der Waals surface area contributed by atoms with E-state index in [2.05, 4.69) is 6.92 Å². The van der Waals surface area contributed by atoms with E-state index in [9.17, 15) is 4.57 Å². The van der Waals surface area contributed by atoms with Crippen molar-refractivity contribution in [2.75, 3.05) is 27.9 Å². The average Bonchev–Trinajstić information content (AvgIpc) is 2.40. The minimum atomic E-state index is -3.25. The molecule has 0 rings (SSSR count). The molecule has 8 heteroatoms. The summed E-state index contributed by atoms with van der Waals surface area (Å²) in [6.07, 6.45) is 5.54. The van der Waals surface area contributed by atoms with E-state index in [1.54, 1.807) is 0 Å². The van der Waals surface area contributed by atoms with Crippen LogP contribution < -0.4 is 0 Å². The summed E-state index contributed by atoms with van der Waals surface area (Å²) in [5.41, 5.74) is 0. The molecule has 0 saturated carbocycles. The highest BCUT2D eigenvalue weighted by Gasteiger charge is 2.44. The zero-order chi connectivity index (χ0) is 13.9. The summed E-state index contributed by atoms with van der Waals surface area (Å²) in [4.78, 5) is 0. The summed E-state index contributed by atoms with van der Waals surface area (Å²) in [7, 11) is -1.73. The second-order valence-electron chi connectivity index (χ2n) is 3.73. The van der Waals surface area contributed by atoms with Crippen LogP contribution in [0.4, 0.5) is 0 Å². The standard InChI is InChI=1S/C10H25O6PSi/c1-5-6-7-8-9-10-15-17(11)16-18(12-2,13-3)14-4/h17H,5-10H2,1-4H3. The topological polar surface area (TPSA) is 63.2 Å². The first-order valence-electron chi connectivity index (χ1n) is 6.15. The van der Waals surface area contributed by atoms with Gasteiger partial charge in [0.15, 0.2) is 0 Å². The lowest BCUT2D eigenvalue weighted by atomic mass is 10.2. The maximum Gasteiger partial charge on any atom is 0.685 e. The van der Waals surface area contributed by atoms with E-state index in [1.165, 1.54) is 40.6 Å². The molecule has 0 aromatic carbocycles. The van der Waals surface area contributed by atoms with E-state index in [-0.39, 0.29) is 0 Å². The van der Waals surface area contributed by atoms with Crippen molar-refractivity contribution in [2.24, 2.45) is 0 Å². The van der Waals surface area contributed by atoms with Crippen LogP contribution in [0.15, 0.2) is 0 Å². The Morgan fingerprint density at radius 3 is 2.00 bits per heavy atom. The van der Waals surface area contributed by atoms with E-state index in [0.717, 1.165) is 12.8 Å². The first kappa shape index (κ1) is 18.2. The molecule has 0 N–H and O–H groups in total. The molecule has 0 saturated heterocycles. The van der Waals surface area contributed by atoms with Crippen molar-refractivity contribution < 1.29 is 26.6 Å². The fourth-order valence-corrected chi connectivity index (χ4v) is 4.23. The van der Waals surface area contributed by atoms with Crippen LogP contribution in [-0.4, -0.2) is 37.0 Å². The lowest BCUT2D eigenvalue weighted by Gasteiger charge is -2.22. The quantitative estimate of drug-likeness (QED) is 0.314. The summed E-state index contributed by atoms with van der Waals surface area (Å²) in [6, 6.07) is 0. The Morgan fingerprint density at radius 2 is 1.50 bits per heavy atom. The largest absolute Gasteiger partial charge is 0.685 e. The normalized spacial score (nSPS) is 13.8. The predicted octanol–water partition coefficient (Wildman–Crippen LogP) is 2.75. The van der Waals surface area contributed by atoms with Crippen LogP contribution in [0.5, 0.6) is 0 Å². The van der Waals surface area contributed by atoms with Crippen LogP contribution in [-0.2, 0) is 26.6 Å². The van der Waals surface area contributed by atoms with E-state index in [0.29, 0.717) is 6.61 Å². The molecule has 0 aromatic rings. The summed E-state index contributed by atoms with van der Waals surface area (Å²) < 4.78 is 36.7. The summed E-state index contributed by atoms with van der Waals surface area (Å²) in [5.74, 6) is 0. The van der Waals surface area contributed by atoms with Crippen molar-refractivity contribution in [2.45, 2.75) is 39.0 Å². The third-order valence-electron chi connectivity index (χ3n) is 2.43. The van der Waals surface area contributed by atoms with Gasteiger partial charge in [0.1, 0.15) is 0 Å². The second-order valence-corrected chi connectivity index (χ2v) is 7.56. The number of unbranched alkanes of at least 4 members (excludes halogenated alkanes) is 4. The number of hydrogen-bond acceptors (Lipinski definition) is 6. The van der Waals surface area contributed by atoms with Crippen LogP contribution in [0.25, 0.3) is 0 Å². The molecule has 1 unspecified atom stereocenters. The van der Waals surface area contributed by atoms with Crippen LogP contribution in [0.3, 0.4) is 0 Å². The van der Waals surface area contributed by atoms with Crippen molar-refractivity contribution in [1.29, 1.82) is 0 Å². The number of hydrogen-bond donors (Lipinski definition) is 0. The number of rotatable bonds is 12. The molecule has 0 fully saturated rings. The van der Waals surface area contributed by atoms with E-state index in [1.807, 2.05) is 0 Å². The van der Waals surface area contributed by atoms with Gasteiger partial charge in [-0.05, 0) is 6.42 Å². The summed E-state index contributed by atoms with van der Waals surface area (Å²) >= 11 is 0. The molecule has 0 aliphatic heterocycles. The van der Waals surface area contributed by atoms with E-state index < -0.39 is 17.3 Å². The van der Waals surface area contributed by atoms with Crippen LogP contribution >= 0.6 is 8.25 Å². The highest BCUT2D eigenvalue weighted by atomic mass is 31.1. The molecule has 0 aromatic heterocycles. The molecule has 0 amide bonds.